The van der Waals surface area contributed by atoms with Gasteiger partial charge in [0.1, 0.15) is 0 Å². The summed E-state index contributed by atoms with van der Waals surface area (Å²) in [4.78, 5) is 14.8. The zero-order chi connectivity index (χ0) is 14.9. The van der Waals surface area contributed by atoms with Crippen LogP contribution >= 0.6 is 23.2 Å². The molecule has 3 nitrogen and oxygen atoms in total. The summed E-state index contributed by atoms with van der Waals surface area (Å²) >= 11 is 11.8. The molecule has 1 aliphatic rings. The quantitative estimate of drug-likeness (QED) is 0.912. The summed E-state index contributed by atoms with van der Waals surface area (Å²) in [7, 11) is 0. The van der Waals surface area contributed by atoms with Gasteiger partial charge in [0.25, 0.3) is 0 Å². The van der Waals surface area contributed by atoms with E-state index >= 15 is 0 Å². The number of hydrogen-bond acceptors (Lipinski definition) is 2. The SMILES string of the molecule is CC(C)N1CCC(C)(C(=O)Nc2ccc(Cl)c(Cl)c2)C1. The Balaban J connectivity index is 2.06. The molecule has 0 bridgehead atoms. The Hall–Kier alpha value is -0.770. The maximum absolute atomic E-state index is 12.5. The lowest BCUT2D eigenvalue weighted by atomic mass is 9.88. The third-order valence-corrected chi connectivity index (χ3v) is 4.70. The van der Waals surface area contributed by atoms with E-state index in [0.717, 1.165) is 19.5 Å². The van der Waals surface area contributed by atoms with E-state index in [1.165, 1.54) is 0 Å². The summed E-state index contributed by atoms with van der Waals surface area (Å²) in [5.41, 5.74) is 0.338. The Morgan fingerprint density at radius 1 is 1.35 bits per heavy atom. The summed E-state index contributed by atoms with van der Waals surface area (Å²) in [6, 6.07) is 5.61. The van der Waals surface area contributed by atoms with Crippen molar-refractivity contribution in [2.24, 2.45) is 5.41 Å². The fraction of sp³-hybridized carbons (Fsp3) is 0.533. The van der Waals surface area contributed by atoms with E-state index in [2.05, 4.69) is 24.1 Å². The van der Waals surface area contributed by atoms with Crippen molar-refractivity contribution in [2.75, 3.05) is 18.4 Å². The number of carbonyl (C=O) groups excluding carboxylic acids is 1. The zero-order valence-corrected chi connectivity index (χ0v) is 13.6. The molecule has 1 fully saturated rings. The van der Waals surface area contributed by atoms with Crippen LogP contribution in [0.4, 0.5) is 5.69 Å². The number of anilines is 1. The first-order valence-electron chi connectivity index (χ1n) is 6.82. The molecule has 5 heteroatoms. The van der Waals surface area contributed by atoms with Crippen molar-refractivity contribution in [3.63, 3.8) is 0 Å². The summed E-state index contributed by atoms with van der Waals surface area (Å²) < 4.78 is 0. The summed E-state index contributed by atoms with van der Waals surface area (Å²) in [5.74, 6) is 0.0408. The van der Waals surface area contributed by atoms with Crippen LogP contribution in [0, 0.1) is 5.41 Å². The number of nitrogens with one attached hydrogen (secondary N) is 1. The van der Waals surface area contributed by atoms with Crippen molar-refractivity contribution in [3.8, 4) is 0 Å². The molecule has 1 aromatic rings. The van der Waals surface area contributed by atoms with Gasteiger partial charge in [-0.3, -0.25) is 9.69 Å². The first kappa shape index (κ1) is 15.6. The molecule has 2 rings (SSSR count). The van der Waals surface area contributed by atoms with Gasteiger partial charge in [-0.15, -0.1) is 0 Å². The monoisotopic (exact) mass is 314 g/mol. The number of carbonyl (C=O) groups is 1. The van der Waals surface area contributed by atoms with Gasteiger partial charge < -0.3 is 5.32 Å². The van der Waals surface area contributed by atoms with Crippen LogP contribution in [0.25, 0.3) is 0 Å². The van der Waals surface area contributed by atoms with Crippen LogP contribution in [-0.2, 0) is 4.79 Å². The fourth-order valence-electron chi connectivity index (χ4n) is 2.48. The second-order valence-electron chi connectivity index (χ2n) is 5.96. The van der Waals surface area contributed by atoms with Gasteiger partial charge in [-0.05, 0) is 51.9 Å². The maximum Gasteiger partial charge on any atom is 0.231 e. The number of likely N-dealkylation sites (tertiary alicyclic amines) is 1. The highest BCUT2D eigenvalue weighted by atomic mass is 35.5. The molecule has 0 aromatic heterocycles. The van der Waals surface area contributed by atoms with Gasteiger partial charge in [0.15, 0.2) is 0 Å². The van der Waals surface area contributed by atoms with E-state index in [9.17, 15) is 4.79 Å². The zero-order valence-electron chi connectivity index (χ0n) is 12.0. The minimum absolute atomic E-state index is 0.0408. The van der Waals surface area contributed by atoms with Crippen molar-refractivity contribution >= 4 is 34.8 Å². The molecule has 110 valence electrons. The van der Waals surface area contributed by atoms with E-state index in [1.807, 2.05) is 6.92 Å². The van der Waals surface area contributed by atoms with Crippen LogP contribution in [0.3, 0.4) is 0 Å². The number of hydrogen-bond donors (Lipinski definition) is 1. The van der Waals surface area contributed by atoms with Gasteiger partial charge in [-0.25, -0.2) is 0 Å². The van der Waals surface area contributed by atoms with Crippen LogP contribution < -0.4 is 5.32 Å². The van der Waals surface area contributed by atoms with E-state index in [0.29, 0.717) is 21.8 Å². The lowest BCUT2D eigenvalue weighted by molar-refractivity contribution is -0.124. The first-order chi connectivity index (χ1) is 9.32. The Labute approximate surface area is 130 Å². The Kier molecular flexibility index (Phi) is 4.62. The third kappa shape index (κ3) is 3.27. The van der Waals surface area contributed by atoms with Gasteiger partial charge in [-0.2, -0.15) is 0 Å². The molecule has 1 atom stereocenters. The van der Waals surface area contributed by atoms with Crippen molar-refractivity contribution in [2.45, 2.75) is 33.2 Å². The van der Waals surface area contributed by atoms with Crippen LogP contribution in [0.2, 0.25) is 10.0 Å². The molecular formula is C15H20Cl2N2O. The third-order valence-electron chi connectivity index (χ3n) is 3.96. The second-order valence-corrected chi connectivity index (χ2v) is 6.77. The smallest absolute Gasteiger partial charge is 0.231 e. The molecule has 1 unspecified atom stereocenters. The molecule has 1 aromatic carbocycles. The molecule has 20 heavy (non-hydrogen) atoms. The highest BCUT2D eigenvalue weighted by molar-refractivity contribution is 6.42. The fourth-order valence-corrected chi connectivity index (χ4v) is 2.78. The van der Waals surface area contributed by atoms with Gasteiger partial charge in [-0.1, -0.05) is 23.2 Å². The van der Waals surface area contributed by atoms with Crippen molar-refractivity contribution in [1.82, 2.24) is 4.90 Å². The maximum atomic E-state index is 12.5. The normalized spacial score (nSPS) is 23.3. The van der Waals surface area contributed by atoms with Gasteiger partial charge in [0.2, 0.25) is 5.91 Å². The van der Waals surface area contributed by atoms with E-state index in [4.69, 9.17) is 23.2 Å². The van der Waals surface area contributed by atoms with Crippen LogP contribution in [-0.4, -0.2) is 29.9 Å². The number of rotatable bonds is 3. The Bertz CT molecular complexity index is 519. The minimum atomic E-state index is -0.351. The largest absolute Gasteiger partial charge is 0.326 e. The molecule has 1 aliphatic heterocycles. The van der Waals surface area contributed by atoms with Gasteiger partial charge in [0.05, 0.1) is 15.5 Å². The number of benzene rings is 1. The van der Waals surface area contributed by atoms with Crippen LogP contribution in [0.15, 0.2) is 18.2 Å². The average Bonchev–Trinajstić information content (AvgIpc) is 2.78. The Morgan fingerprint density at radius 2 is 2.05 bits per heavy atom. The molecule has 0 saturated carbocycles. The molecule has 0 spiro atoms. The summed E-state index contributed by atoms with van der Waals surface area (Å²) in [5, 5.41) is 3.88. The second kappa shape index (κ2) is 5.92. The minimum Gasteiger partial charge on any atom is -0.326 e. The van der Waals surface area contributed by atoms with E-state index < -0.39 is 0 Å². The van der Waals surface area contributed by atoms with Gasteiger partial charge in [0, 0.05) is 18.3 Å². The molecule has 1 N–H and O–H groups in total. The number of nitrogens with zero attached hydrogens (tertiary/aromatic N) is 1. The molecule has 1 amide bonds. The van der Waals surface area contributed by atoms with Crippen LogP contribution in [0.1, 0.15) is 27.2 Å². The predicted molar refractivity (Wildman–Crippen MR) is 84.5 cm³/mol. The predicted octanol–water partition coefficient (Wildman–Crippen LogP) is 4.05. The highest BCUT2D eigenvalue weighted by Gasteiger charge is 2.40. The highest BCUT2D eigenvalue weighted by Crippen LogP contribution is 2.33. The number of amides is 1. The number of halogens is 2. The summed E-state index contributed by atoms with van der Waals surface area (Å²) in [6.07, 6.45) is 0.873. The molecular weight excluding hydrogens is 295 g/mol. The standard InChI is InChI=1S/C15H20Cl2N2O/c1-10(2)19-7-6-15(3,9-19)14(20)18-11-4-5-12(16)13(17)8-11/h4-5,8,10H,6-7,9H2,1-3H3,(H,18,20). The molecule has 0 radical (unpaired) electrons. The molecule has 1 saturated heterocycles. The lowest BCUT2D eigenvalue weighted by Gasteiger charge is -2.25. The topological polar surface area (TPSA) is 32.3 Å². The summed E-state index contributed by atoms with van der Waals surface area (Å²) in [6.45, 7) is 8.08. The van der Waals surface area contributed by atoms with E-state index in [-0.39, 0.29) is 11.3 Å². The van der Waals surface area contributed by atoms with Gasteiger partial charge >= 0.3 is 0 Å². The van der Waals surface area contributed by atoms with Crippen molar-refractivity contribution in [3.05, 3.63) is 28.2 Å². The van der Waals surface area contributed by atoms with Crippen LogP contribution in [0.5, 0.6) is 0 Å². The molecule has 0 aliphatic carbocycles. The van der Waals surface area contributed by atoms with Crippen molar-refractivity contribution < 1.29 is 4.79 Å². The average molecular weight is 315 g/mol. The lowest BCUT2D eigenvalue weighted by Crippen LogP contribution is -2.38. The Morgan fingerprint density at radius 3 is 2.60 bits per heavy atom. The van der Waals surface area contributed by atoms with Crippen molar-refractivity contribution in [1.29, 1.82) is 0 Å². The first-order valence-corrected chi connectivity index (χ1v) is 7.58. The molecule has 1 heterocycles. The van der Waals surface area contributed by atoms with E-state index in [1.54, 1.807) is 18.2 Å².